The van der Waals surface area contributed by atoms with E-state index in [1.807, 2.05) is 0 Å². The van der Waals surface area contributed by atoms with Crippen molar-refractivity contribution in [1.82, 2.24) is 0 Å². The van der Waals surface area contributed by atoms with Gasteiger partial charge in [0.05, 0.1) is 6.61 Å². The fourth-order valence-corrected chi connectivity index (χ4v) is 5.03. The Balaban J connectivity index is 1.31. The van der Waals surface area contributed by atoms with Gasteiger partial charge in [-0.3, -0.25) is 0 Å². The van der Waals surface area contributed by atoms with Gasteiger partial charge in [-0.05, 0) is 25.7 Å². The van der Waals surface area contributed by atoms with Crippen molar-refractivity contribution < 1.29 is 28.5 Å². The van der Waals surface area contributed by atoms with Gasteiger partial charge < -0.3 is 23.7 Å². The standard InChI is InChI=1S/C18H26O6/c19-16-15-14(23-18(24-15)9-5-2-6-10-18)13(21-16)12-11-20-17(22-12)7-3-1-4-8-17/h12-15H,1-11H2/t12-,13+,14+,15+/m0/s1. The van der Waals surface area contributed by atoms with E-state index < -0.39 is 23.8 Å². The topological polar surface area (TPSA) is 63.2 Å². The summed E-state index contributed by atoms with van der Waals surface area (Å²) in [6.45, 7) is 0.470. The van der Waals surface area contributed by atoms with Gasteiger partial charge in [0, 0.05) is 25.7 Å². The summed E-state index contributed by atoms with van der Waals surface area (Å²) in [6.07, 6.45) is 8.87. The molecule has 4 atom stereocenters. The number of hydrogen-bond acceptors (Lipinski definition) is 6. The third-order valence-corrected chi connectivity index (χ3v) is 6.27. The number of ether oxygens (including phenoxy) is 5. The predicted octanol–water partition coefficient (Wildman–Crippen LogP) is 2.43. The van der Waals surface area contributed by atoms with Gasteiger partial charge in [0.25, 0.3) is 0 Å². The van der Waals surface area contributed by atoms with Crippen LogP contribution in [0.25, 0.3) is 0 Å². The summed E-state index contributed by atoms with van der Waals surface area (Å²) in [5.41, 5.74) is 0. The van der Waals surface area contributed by atoms with E-state index in [4.69, 9.17) is 23.7 Å². The summed E-state index contributed by atoms with van der Waals surface area (Å²) in [4.78, 5) is 12.3. The summed E-state index contributed by atoms with van der Waals surface area (Å²) in [5.74, 6) is -1.34. The van der Waals surface area contributed by atoms with E-state index in [0.29, 0.717) is 6.61 Å². The van der Waals surface area contributed by atoms with Gasteiger partial charge in [-0.15, -0.1) is 0 Å². The van der Waals surface area contributed by atoms with Gasteiger partial charge >= 0.3 is 5.97 Å². The molecule has 0 N–H and O–H groups in total. The van der Waals surface area contributed by atoms with Gasteiger partial charge in [0.1, 0.15) is 12.2 Å². The molecule has 3 aliphatic heterocycles. The van der Waals surface area contributed by atoms with Crippen LogP contribution in [0.4, 0.5) is 0 Å². The zero-order valence-electron chi connectivity index (χ0n) is 14.0. The molecular formula is C18H26O6. The van der Waals surface area contributed by atoms with Gasteiger partial charge in [-0.1, -0.05) is 12.8 Å². The maximum absolute atomic E-state index is 12.3. The van der Waals surface area contributed by atoms with Crippen LogP contribution in [-0.4, -0.2) is 48.6 Å². The zero-order chi connectivity index (χ0) is 16.2. The highest BCUT2D eigenvalue weighted by molar-refractivity contribution is 5.78. The Hall–Kier alpha value is -0.690. The van der Waals surface area contributed by atoms with Crippen molar-refractivity contribution >= 4 is 5.97 Å². The Bertz CT molecular complexity index is 508. The second kappa shape index (κ2) is 5.66. The van der Waals surface area contributed by atoms with E-state index in [-0.39, 0.29) is 18.2 Å². The average Bonchev–Trinajstić information content (AvgIpc) is 3.24. The van der Waals surface area contributed by atoms with Crippen LogP contribution >= 0.6 is 0 Å². The smallest absolute Gasteiger partial charge is 0.338 e. The summed E-state index contributed by atoms with van der Waals surface area (Å²) in [7, 11) is 0. The Morgan fingerprint density at radius 2 is 1.42 bits per heavy atom. The molecular weight excluding hydrogens is 312 g/mol. The van der Waals surface area contributed by atoms with Gasteiger partial charge in [-0.2, -0.15) is 0 Å². The maximum atomic E-state index is 12.3. The molecule has 2 aliphatic carbocycles. The van der Waals surface area contributed by atoms with Crippen LogP contribution in [0.15, 0.2) is 0 Å². The number of esters is 1. The molecule has 5 aliphatic rings. The molecule has 6 nitrogen and oxygen atoms in total. The summed E-state index contributed by atoms with van der Waals surface area (Å²) in [5, 5.41) is 0. The third-order valence-electron chi connectivity index (χ3n) is 6.27. The van der Waals surface area contributed by atoms with E-state index in [1.165, 1.54) is 12.8 Å². The lowest BCUT2D eigenvalue weighted by atomic mass is 9.94. The summed E-state index contributed by atoms with van der Waals surface area (Å²) >= 11 is 0. The number of hydrogen-bond donors (Lipinski definition) is 0. The second-order valence-electron chi connectivity index (χ2n) is 7.93. The minimum Gasteiger partial charge on any atom is -0.455 e. The number of cyclic esters (lactones) is 1. The minimum atomic E-state index is -0.598. The molecule has 3 heterocycles. The normalized spacial score (nSPS) is 43.2. The molecule has 0 radical (unpaired) electrons. The molecule has 0 aromatic rings. The molecule has 0 unspecified atom stereocenters. The first-order valence-corrected chi connectivity index (χ1v) is 9.57. The molecule has 2 spiro atoms. The Kier molecular flexibility index (Phi) is 3.67. The Labute approximate surface area is 142 Å². The molecule has 24 heavy (non-hydrogen) atoms. The highest BCUT2D eigenvalue weighted by Crippen LogP contribution is 2.47. The second-order valence-corrected chi connectivity index (χ2v) is 7.93. The highest BCUT2D eigenvalue weighted by atomic mass is 16.8. The average molecular weight is 338 g/mol. The number of rotatable bonds is 1. The van der Waals surface area contributed by atoms with Gasteiger partial charge in [0.2, 0.25) is 0 Å². The van der Waals surface area contributed by atoms with Crippen LogP contribution in [0.2, 0.25) is 0 Å². The fraction of sp³-hybridized carbons (Fsp3) is 0.944. The lowest BCUT2D eigenvalue weighted by Crippen LogP contribution is -2.43. The largest absolute Gasteiger partial charge is 0.455 e. The van der Waals surface area contributed by atoms with Crippen LogP contribution in [0.3, 0.4) is 0 Å². The lowest BCUT2D eigenvalue weighted by molar-refractivity contribution is -0.230. The van der Waals surface area contributed by atoms with Crippen LogP contribution in [0, 0.1) is 0 Å². The Morgan fingerprint density at radius 3 is 2.12 bits per heavy atom. The molecule has 5 rings (SSSR count). The van der Waals surface area contributed by atoms with E-state index in [2.05, 4.69) is 0 Å². The molecule has 2 saturated carbocycles. The minimum absolute atomic E-state index is 0.246. The lowest BCUT2D eigenvalue weighted by Gasteiger charge is -2.34. The van der Waals surface area contributed by atoms with Crippen molar-refractivity contribution in [2.24, 2.45) is 0 Å². The van der Waals surface area contributed by atoms with Crippen molar-refractivity contribution in [3.8, 4) is 0 Å². The number of carbonyl (C=O) groups is 1. The zero-order valence-corrected chi connectivity index (χ0v) is 14.0. The van der Waals surface area contributed by atoms with Crippen LogP contribution in [-0.2, 0) is 28.5 Å². The van der Waals surface area contributed by atoms with Crippen molar-refractivity contribution in [2.75, 3.05) is 6.61 Å². The summed E-state index contributed by atoms with van der Waals surface area (Å²) in [6, 6.07) is 0. The highest BCUT2D eigenvalue weighted by Gasteiger charge is 2.62. The van der Waals surface area contributed by atoms with Crippen LogP contribution < -0.4 is 0 Å². The first-order valence-electron chi connectivity index (χ1n) is 9.57. The molecule has 0 aromatic heterocycles. The van der Waals surface area contributed by atoms with Crippen LogP contribution in [0.1, 0.15) is 64.2 Å². The molecule has 0 aromatic carbocycles. The fourth-order valence-electron chi connectivity index (χ4n) is 5.03. The van der Waals surface area contributed by atoms with Crippen LogP contribution in [0.5, 0.6) is 0 Å². The quantitative estimate of drug-likeness (QED) is 0.684. The monoisotopic (exact) mass is 338 g/mol. The molecule has 0 amide bonds. The molecule has 6 heteroatoms. The van der Waals surface area contributed by atoms with E-state index >= 15 is 0 Å². The molecule has 134 valence electrons. The molecule has 0 bridgehead atoms. The summed E-state index contributed by atoms with van der Waals surface area (Å²) < 4.78 is 30.2. The first kappa shape index (κ1) is 15.6. The Morgan fingerprint density at radius 1 is 0.750 bits per heavy atom. The van der Waals surface area contributed by atoms with Crippen molar-refractivity contribution in [2.45, 2.75) is 100 Å². The van der Waals surface area contributed by atoms with E-state index in [9.17, 15) is 4.79 Å². The van der Waals surface area contributed by atoms with Crippen molar-refractivity contribution in [3.63, 3.8) is 0 Å². The number of carbonyl (C=O) groups excluding carboxylic acids is 1. The molecule has 3 saturated heterocycles. The first-order chi connectivity index (χ1) is 11.7. The van der Waals surface area contributed by atoms with E-state index in [0.717, 1.165) is 51.4 Å². The SMILES string of the molecule is O=C1O[C@H]([C@@H]2COC3(CCCCC3)O2)[C@H]2OC3(CCCCC3)O[C@@H]12. The van der Waals surface area contributed by atoms with Gasteiger partial charge in [0.15, 0.2) is 23.8 Å². The van der Waals surface area contributed by atoms with Gasteiger partial charge in [-0.25, -0.2) is 4.79 Å². The van der Waals surface area contributed by atoms with E-state index in [1.54, 1.807) is 0 Å². The maximum Gasteiger partial charge on any atom is 0.338 e. The van der Waals surface area contributed by atoms with Crippen molar-refractivity contribution in [1.29, 1.82) is 0 Å². The van der Waals surface area contributed by atoms with Crippen molar-refractivity contribution in [3.05, 3.63) is 0 Å². The number of fused-ring (bicyclic) bond motifs is 1. The predicted molar refractivity (Wildman–Crippen MR) is 82.1 cm³/mol. The molecule has 5 fully saturated rings. The third kappa shape index (κ3) is 2.42.